The standard InChI is InChI=1S/C45H44N6O6/c1-28-6-12-41(44(52)48-28)51-29(2)36-11-9-32(21-38(36)45(51)53)50-26-35(27-50)56-19-18-54-16-4-5-17-55-33-22-34(23-33)57-43-13-8-31(24-47-43)30-7-10-37-39-25-46-15-14-40(39)49(3)42(37)20-30/h7-11,13-15,20-21,24-25,33-35,41H,1-2,6,12,16-19,22-23,26-27H2,3H3,(H,48,52). The largest absolute Gasteiger partial charge is 0.474 e. The minimum atomic E-state index is -0.574. The second kappa shape index (κ2) is 15.5. The third-order valence-electron chi connectivity index (χ3n) is 11.4. The molecule has 1 aliphatic carbocycles. The van der Waals surface area contributed by atoms with Crippen LogP contribution in [0.1, 0.15) is 41.6 Å². The Bertz CT molecular complexity index is 2450. The molecule has 3 aliphatic heterocycles. The van der Waals surface area contributed by atoms with Crippen molar-refractivity contribution in [2.75, 3.05) is 44.4 Å². The molecule has 9 rings (SSSR count). The molecule has 0 radical (unpaired) electrons. The number of allylic oxidation sites excluding steroid dienone is 1. The molecule has 290 valence electrons. The molecule has 0 spiro atoms. The second-order valence-electron chi connectivity index (χ2n) is 15.0. The molecule has 12 nitrogen and oxygen atoms in total. The Morgan fingerprint density at radius 3 is 2.51 bits per heavy atom. The van der Waals surface area contributed by atoms with Gasteiger partial charge in [-0.15, -0.1) is 0 Å². The molecule has 1 saturated carbocycles. The Hall–Kier alpha value is -6.00. The molecule has 1 N–H and O–H groups in total. The van der Waals surface area contributed by atoms with E-state index in [0.29, 0.717) is 62.1 Å². The van der Waals surface area contributed by atoms with E-state index in [4.69, 9.17) is 18.9 Å². The molecule has 6 heterocycles. The predicted octanol–water partition coefficient (Wildman–Crippen LogP) is 5.86. The minimum Gasteiger partial charge on any atom is -0.474 e. The van der Waals surface area contributed by atoms with E-state index >= 15 is 0 Å². The number of amides is 2. The van der Waals surface area contributed by atoms with Crippen molar-refractivity contribution in [3.05, 3.63) is 103 Å². The topological polar surface area (TPSA) is 120 Å². The van der Waals surface area contributed by atoms with Crippen molar-refractivity contribution in [2.24, 2.45) is 7.05 Å². The van der Waals surface area contributed by atoms with Crippen molar-refractivity contribution in [1.82, 2.24) is 24.8 Å². The van der Waals surface area contributed by atoms with Crippen LogP contribution < -0.4 is 15.0 Å². The number of aromatic nitrogens is 3. The number of fused-ring (bicyclic) bond motifs is 4. The number of carbonyl (C=O) groups is 2. The van der Waals surface area contributed by atoms with E-state index in [2.05, 4.69) is 81.1 Å². The molecule has 1 unspecified atom stereocenters. The predicted molar refractivity (Wildman–Crippen MR) is 217 cm³/mol. The van der Waals surface area contributed by atoms with Crippen molar-refractivity contribution < 1.29 is 28.5 Å². The highest BCUT2D eigenvalue weighted by Crippen LogP contribution is 2.38. The monoisotopic (exact) mass is 764 g/mol. The molecule has 3 fully saturated rings. The first kappa shape index (κ1) is 36.6. The minimum absolute atomic E-state index is 0.0796. The summed E-state index contributed by atoms with van der Waals surface area (Å²) < 4.78 is 25.8. The fourth-order valence-electron chi connectivity index (χ4n) is 8.07. The molecule has 2 saturated heterocycles. The van der Waals surface area contributed by atoms with Gasteiger partial charge in [0.1, 0.15) is 25.4 Å². The first-order chi connectivity index (χ1) is 27.8. The summed E-state index contributed by atoms with van der Waals surface area (Å²) in [5.74, 6) is 6.25. The zero-order chi connectivity index (χ0) is 39.0. The summed E-state index contributed by atoms with van der Waals surface area (Å²) in [6.45, 7) is 11.0. The molecule has 2 aromatic carbocycles. The van der Waals surface area contributed by atoms with Gasteiger partial charge in [-0.3, -0.25) is 19.5 Å². The Morgan fingerprint density at radius 1 is 0.842 bits per heavy atom. The van der Waals surface area contributed by atoms with Gasteiger partial charge in [0.05, 0.1) is 36.5 Å². The van der Waals surface area contributed by atoms with E-state index in [-0.39, 0.29) is 30.1 Å². The van der Waals surface area contributed by atoms with Crippen LogP contribution in [0.5, 0.6) is 5.88 Å². The average molecular weight is 765 g/mol. The number of benzene rings is 2. The lowest BCUT2D eigenvalue weighted by atomic mass is 9.92. The number of ether oxygens (including phenoxy) is 4. The van der Waals surface area contributed by atoms with Gasteiger partial charge in [0, 0.05) is 102 Å². The summed E-state index contributed by atoms with van der Waals surface area (Å²) in [6.07, 6.45) is 8.69. The summed E-state index contributed by atoms with van der Waals surface area (Å²) in [7, 11) is 2.08. The average Bonchev–Trinajstić information content (AvgIpc) is 3.61. The van der Waals surface area contributed by atoms with Crippen LogP contribution in [0, 0.1) is 11.8 Å². The number of anilines is 1. The van der Waals surface area contributed by atoms with Crippen molar-refractivity contribution in [3.8, 4) is 28.8 Å². The van der Waals surface area contributed by atoms with Crippen LogP contribution >= 0.6 is 0 Å². The van der Waals surface area contributed by atoms with Gasteiger partial charge in [-0.25, -0.2) is 4.98 Å². The van der Waals surface area contributed by atoms with Gasteiger partial charge in [0.25, 0.3) is 5.91 Å². The Balaban J connectivity index is 0.636. The Labute approximate surface area is 331 Å². The van der Waals surface area contributed by atoms with Gasteiger partial charge < -0.3 is 33.7 Å². The molecule has 1 atom stereocenters. The molecular weight excluding hydrogens is 721 g/mol. The van der Waals surface area contributed by atoms with Crippen LogP contribution in [-0.4, -0.2) is 95.1 Å². The number of nitrogens with zero attached hydrogens (tertiary/aromatic N) is 5. The fourth-order valence-corrected chi connectivity index (χ4v) is 8.07. The molecule has 3 aromatic heterocycles. The highest BCUT2D eigenvalue weighted by atomic mass is 16.5. The first-order valence-corrected chi connectivity index (χ1v) is 19.4. The van der Waals surface area contributed by atoms with Gasteiger partial charge in [-0.1, -0.05) is 43.2 Å². The first-order valence-electron chi connectivity index (χ1n) is 19.4. The Morgan fingerprint density at radius 2 is 1.68 bits per heavy atom. The third-order valence-corrected chi connectivity index (χ3v) is 11.4. The SMILES string of the molecule is C=C1CCC(N2C(=C)c3ccc(N4CC(OCCOCC#CCOC5CC(Oc6ccc(-c7ccc8c9cnccc9n(C)c8c7)cn6)C5)C4)cc3C2=O)C(=O)N1. The third kappa shape index (κ3) is 7.26. The molecule has 2 amide bonds. The number of pyridine rings is 2. The normalized spacial score (nSPS) is 20.6. The van der Waals surface area contributed by atoms with Crippen molar-refractivity contribution >= 4 is 45.0 Å². The summed E-state index contributed by atoms with van der Waals surface area (Å²) in [5, 5.41) is 5.11. The van der Waals surface area contributed by atoms with E-state index in [1.165, 1.54) is 10.3 Å². The highest BCUT2D eigenvalue weighted by Gasteiger charge is 2.41. The van der Waals surface area contributed by atoms with E-state index < -0.39 is 6.04 Å². The Kier molecular flexibility index (Phi) is 9.96. The van der Waals surface area contributed by atoms with E-state index in [9.17, 15) is 9.59 Å². The van der Waals surface area contributed by atoms with Gasteiger partial charge in [-0.05, 0) is 48.7 Å². The number of nitrogens with one attached hydrogen (secondary N) is 1. The molecular formula is C45H44N6O6. The van der Waals surface area contributed by atoms with E-state index in [1.54, 1.807) is 0 Å². The fraction of sp³-hybridized carbons (Fsp3) is 0.333. The quantitative estimate of drug-likeness (QED) is 0.123. The van der Waals surface area contributed by atoms with Crippen molar-refractivity contribution in [2.45, 2.75) is 50.0 Å². The van der Waals surface area contributed by atoms with Crippen molar-refractivity contribution in [1.29, 1.82) is 0 Å². The smallest absolute Gasteiger partial charge is 0.259 e. The van der Waals surface area contributed by atoms with Gasteiger partial charge in [0.2, 0.25) is 11.8 Å². The number of hydrogen-bond donors (Lipinski definition) is 1. The maximum Gasteiger partial charge on any atom is 0.259 e. The van der Waals surface area contributed by atoms with Crippen LogP contribution in [0.25, 0.3) is 38.6 Å². The molecule has 5 aromatic rings. The summed E-state index contributed by atoms with van der Waals surface area (Å²) in [6, 6.07) is 17.7. The second-order valence-corrected chi connectivity index (χ2v) is 15.0. The number of aryl methyl sites for hydroxylation is 1. The number of hydrogen-bond acceptors (Lipinski definition) is 9. The van der Waals surface area contributed by atoms with Crippen LogP contribution in [0.3, 0.4) is 0 Å². The highest BCUT2D eigenvalue weighted by molar-refractivity contribution is 6.12. The maximum absolute atomic E-state index is 13.3. The molecule has 0 bridgehead atoms. The van der Waals surface area contributed by atoms with Crippen LogP contribution in [0.15, 0.2) is 92.0 Å². The van der Waals surface area contributed by atoms with Crippen LogP contribution in [0.2, 0.25) is 0 Å². The summed E-state index contributed by atoms with van der Waals surface area (Å²) in [5.41, 5.74) is 8.00. The molecule has 4 aliphatic rings. The van der Waals surface area contributed by atoms with Gasteiger partial charge >= 0.3 is 0 Å². The van der Waals surface area contributed by atoms with Gasteiger partial charge in [0.15, 0.2) is 0 Å². The lowest BCUT2D eigenvalue weighted by Gasteiger charge is -2.40. The number of piperidine rings is 1. The zero-order valence-corrected chi connectivity index (χ0v) is 31.9. The summed E-state index contributed by atoms with van der Waals surface area (Å²) >= 11 is 0. The van der Waals surface area contributed by atoms with E-state index in [0.717, 1.165) is 64.7 Å². The molecule has 12 heteroatoms. The van der Waals surface area contributed by atoms with Crippen LogP contribution in [0.4, 0.5) is 5.69 Å². The molecule has 57 heavy (non-hydrogen) atoms. The van der Waals surface area contributed by atoms with Crippen molar-refractivity contribution in [3.63, 3.8) is 0 Å². The van der Waals surface area contributed by atoms with E-state index in [1.807, 2.05) is 48.9 Å². The lowest BCUT2D eigenvalue weighted by molar-refractivity contribution is -0.125. The maximum atomic E-state index is 13.3. The summed E-state index contributed by atoms with van der Waals surface area (Å²) in [4.78, 5) is 38.5. The number of rotatable bonds is 12. The van der Waals surface area contributed by atoms with Gasteiger partial charge in [-0.2, -0.15) is 0 Å². The number of carbonyl (C=O) groups excluding carboxylic acids is 2. The lowest BCUT2D eigenvalue weighted by Crippen LogP contribution is -2.52. The van der Waals surface area contributed by atoms with Crippen LogP contribution in [-0.2, 0) is 26.1 Å². The zero-order valence-electron chi connectivity index (χ0n) is 31.9.